The van der Waals surface area contributed by atoms with Gasteiger partial charge in [0.1, 0.15) is 6.23 Å². The van der Waals surface area contributed by atoms with E-state index >= 15 is 0 Å². The molecular formula is C12H21NO. The second-order valence-electron chi connectivity index (χ2n) is 4.98. The zero-order valence-corrected chi connectivity index (χ0v) is 9.79. The lowest BCUT2D eigenvalue weighted by molar-refractivity contribution is 0.0226. The maximum atomic E-state index is 5.68. The summed E-state index contributed by atoms with van der Waals surface area (Å²) in [6.45, 7) is 10.7. The van der Waals surface area contributed by atoms with Gasteiger partial charge in [0.15, 0.2) is 0 Å². The van der Waals surface area contributed by atoms with E-state index in [1.165, 1.54) is 5.57 Å². The largest absolute Gasteiger partial charge is 0.363 e. The number of hydrogen-bond acceptors (Lipinski definition) is 2. The first-order chi connectivity index (χ1) is 6.39. The van der Waals surface area contributed by atoms with E-state index < -0.39 is 0 Å². The summed E-state index contributed by atoms with van der Waals surface area (Å²) in [5, 5.41) is 3.17. The summed E-state index contributed by atoms with van der Waals surface area (Å²) in [6, 6.07) is 0. The molecule has 1 N–H and O–H groups in total. The molecule has 0 spiro atoms. The van der Waals surface area contributed by atoms with Gasteiger partial charge in [0.2, 0.25) is 0 Å². The van der Waals surface area contributed by atoms with E-state index in [9.17, 15) is 0 Å². The van der Waals surface area contributed by atoms with Crippen LogP contribution in [0.2, 0.25) is 0 Å². The van der Waals surface area contributed by atoms with E-state index in [1.807, 2.05) is 20.0 Å². The Balaban J connectivity index is 2.68. The highest BCUT2D eigenvalue weighted by molar-refractivity contribution is 5.28. The average Bonchev–Trinajstić information content (AvgIpc) is 2.01. The van der Waals surface area contributed by atoms with Crippen LogP contribution in [-0.4, -0.2) is 12.3 Å². The monoisotopic (exact) mass is 195 g/mol. The minimum atomic E-state index is 0.0224. The molecule has 14 heavy (non-hydrogen) atoms. The molecule has 0 saturated carbocycles. The van der Waals surface area contributed by atoms with Crippen LogP contribution in [-0.2, 0) is 4.74 Å². The average molecular weight is 195 g/mol. The minimum absolute atomic E-state index is 0.0224. The van der Waals surface area contributed by atoms with Crippen molar-refractivity contribution in [1.29, 1.82) is 0 Å². The number of ether oxygens (including phenoxy) is 1. The second kappa shape index (κ2) is 4.18. The number of nitrogens with one attached hydrogen (secondary N) is 1. The Labute approximate surface area is 87.0 Å². The topological polar surface area (TPSA) is 21.3 Å². The van der Waals surface area contributed by atoms with E-state index in [0.717, 1.165) is 0 Å². The van der Waals surface area contributed by atoms with E-state index in [4.69, 9.17) is 4.74 Å². The van der Waals surface area contributed by atoms with Crippen molar-refractivity contribution < 1.29 is 4.74 Å². The highest BCUT2D eigenvalue weighted by Gasteiger charge is 2.19. The molecule has 0 aromatic heterocycles. The molecule has 2 nitrogen and oxygen atoms in total. The van der Waals surface area contributed by atoms with Gasteiger partial charge in [-0.2, -0.15) is 0 Å². The SMILES string of the molecule is CC(C)OC1C=C(C(C)(C)C)C=CN1. The third-order valence-corrected chi connectivity index (χ3v) is 2.14. The molecule has 0 bridgehead atoms. The third kappa shape index (κ3) is 3.18. The first kappa shape index (κ1) is 11.3. The molecule has 1 unspecified atom stereocenters. The lowest BCUT2D eigenvalue weighted by Crippen LogP contribution is -2.32. The Hall–Kier alpha value is -0.760. The van der Waals surface area contributed by atoms with Crippen LogP contribution in [0.25, 0.3) is 0 Å². The molecule has 0 aromatic rings. The van der Waals surface area contributed by atoms with Crippen LogP contribution in [0, 0.1) is 5.41 Å². The Kier molecular flexibility index (Phi) is 3.38. The van der Waals surface area contributed by atoms with Crippen molar-refractivity contribution in [1.82, 2.24) is 5.32 Å². The quantitative estimate of drug-likeness (QED) is 0.731. The number of dihydropyridines is 1. The van der Waals surface area contributed by atoms with Crippen LogP contribution in [0.15, 0.2) is 23.9 Å². The predicted octanol–water partition coefficient (Wildman–Crippen LogP) is 2.83. The molecule has 1 heterocycles. The van der Waals surface area contributed by atoms with Gasteiger partial charge in [-0.3, -0.25) is 0 Å². The second-order valence-corrected chi connectivity index (χ2v) is 4.98. The van der Waals surface area contributed by atoms with Crippen LogP contribution in [0.4, 0.5) is 0 Å². The van der Waals surface area contributed by atoms with Crippen LogP contribution >= 0.6 is 0 Å². The van der Waals surface area contributed by atoms with Gasteiger partial charge >= 0.3 is 0 Å². The van der Waals surface area contributed by atoms with E-state index in [-0.39, 0.29) is 17.7 Å². The van der Waals surface area contributed by atoms with Crippen LogP contribution in [0.1, 0.15) is 34.6 Å². The van der Waals surface area contributed by atoms with Gasteiger partial charge in [-0.1, -0.05) is 20.8 Å². The molecule has 0 fully saturated rings. The minimum Gasteiger partial charge on any atom is -0.363 e. The zero-order chi connectivity index (χ0) is 10.8. The Morgan fingerprint density at radius 1 is 1.36 bits per heavy atom. The molecular weight excluding hydrogens is 174 g/mol. The summed E-state index contributed by atoms with van der Waals surface area (Å²) in [6.07, 6.45) is 6.50. The van der Waals surface area contributed by atoms with Crippen LogP contribution < -0.4 is 5.32 Å². The molecule has 1 rings (SSSR count). The zero-order valence-electron chi connectivity index (χ0n) is 9.79. The Morgan fingerprint density at radius 3 is 2.50 bits per heavy atom. The number of allylic oxidation sites excluding steroid dienone is 2. The number of rotatable bonds is 2. The van der Waals surface area contributed by atoms with E-state index in [1.54, 1.807) is 0 Å². The normalized spacial score (nSPS) is 22.1. The molecule has 0 aromatic carbocycles. The molecule has 0 aliphatic carbocycles. The summed E-state index contributed by atoms with van der Waals surface area (Å²) in [5.41, 5.74) is 1.51. The van der Waals surface area contributed by atoms with Gasteiger partial charge in [-0.15, -0.1) is 0 Å². The third-order valence-electron chi connectivity index (χ3n) is 2.14. The van der Waals surface area contributed by atoms with Gasteiger partial charge in [0.25, 0.3) is 0 Å². The Morgan fingerprint density at radius 2 is 2.00 bits per heavy atom. The van der Waals surface area contributed by atoms with Gasteiger partial charge in [0.05, 0.1) is 6.10 Å². The highest BCUT2D eigenvalue weighted by atomic mass is 16.5. The summed E-state index contributed by atoms with van der Waals surface area (Å²) < 4.78 is 5.68. The van der Waals surface area contributed by atoms with Crippen molar-refractivity contribution in [2.24, 2.45) is 5.41 Å². The molecule has 0 amide bonds. The summed E-state index contributed by atoms with van der Waals surface area (Å²) in [7, 11) is 0. The van der Waals surface area contributed by atoms with Crippen molar-refractivity contribution in [3.8, 4) is 0 Å². The smallest absolute Gasteiger partial charge is 0.147 e. The standard InChI is InChI=1S/C12H21NO/c1-9(2)14-11-8-10(6-7-13-11)12(3,4)5/h6-9,11,13H,1-5H3. The molecule has 0 saturated heterocycles. The fourth-order valence-electron chi connectivity index (χ4n) is 1.37. The van der Waals surface area contributed by atoms with E-state index in [2.05, 4.69) is 38.2 Å². The van der Waals surface area contributed by atoms with Crippen molar-refractivity contribution in [2.75, 3.05) is 0 Å². The first-order valence-corrected chi connectivity index (χ1v) is 5.20. The van der Waals surface area contributed by atoms with Crippen molar-refractivity contribution >= 4 is 0 Å². The molecule has 1 aliphatic rings. The molecule has 2 heteroatoms. The number of hydrogen-bond donors (Lipinski definition) is 1. The maximum Gasteiger partial charge on any atom is 0.147 e. The molecule has 1 aliphatic heterocycles. The van der Waals surface area contributed by atoms with Gasteiger partial charge in [-0.25, -0.2) is 0 Å². The maximum absolute atomic E-state index is 5.68. The Bertz CT molecular complexity index is 246. The van der Waals surface area contributed by atoms with Crippen LogP contribution in [0.5, 0.6) is 0 Å². The van der Waals surface area contributed by atoms with Gasteiger partial charge in [-0.05, 0) is 43.2 Å². The van der Waals surface area contributed by atoms with Crippen LogP contribution in [0.3, 0.4) is 0 Å². The van der Waals surface area contributed by atoms with Gasteiger partial charge in [0, 0.05) is 0 Å². The van der Waals surface area contributed by atoms with Crippen molar-refractivity contribution in [3.05, 3.63) is 23.9 Å². The van der Waals surface area contributed by atoms with Crippen molar-refractivity contribution in [2.45, 2.75) is 47.0 Å². The summed E-state index contributed by atoms with van der Waals surface area (Å²) in [4.78, 5) is 0. The highest BCUT2D eigenvalue weighted by Crippen LogP contribution is 2.28. The fraction of sp³-hybridized carbons (Fsp3) is 0.667. The molecule has 80 valence electrons. The fourth-order valence-corrected chi connectivity index (χ4v) is 1.37. The van der Waals surface area contributed by atoms with Crippen molar-refractivity contribution in [3.63, 3.8) is 0 Å². The van der Waals surface area contributed by atoms with Gasteiger partial charge < -0.3 is 10.1 Å². The lowest BCUT2D eigenvalue weighted by Gasteiger charge is -2.27. The summed E-state index contributed by atoms with van der Waals surface area (Å²) >= 11 is 0. The molecule has 1 atom stereocenters. The van der Waals surface area contributed by atoms with E-state index in [0.29, 0.717) is 0 Å². The summed E-state index contributed by atoms with van der Waals surface area (Å²) in [5.74, 6) is 0. The molecule has 0 radical (unpaired) electrons. The lowest BCUT2D eigenvalue weighted by atomic mass is 9.85. The predicted molar refractivity (Wildman–Crippen MR) is 59.8 cm³/mol. The first-order valence-electron chi connectivity index (χ1n) is 5.20.